The predicted molar refractivity (Wildman–Crippen MR) is 66.2 cm³/mol. The second-order valence-electron chi connectivity index (χ2n) is 5.36. The zero-order chi connectivity index (χ0) is 12.5. The average molecular weight is 236 g/mol. The van der Waals surface area contributed by atoms with Gasteiger partial charge in [-0.25, -0.2) is 0 Å². The van der Waals surface area contributed by atoms with Crippen molar-refractivity contribution in [3.05, 3.63) is 18.0 Å². The first-order chi connectivity index (χ1) is 7.98. The second kappa shape index (κ2) is 4.53. The van der Waals surface area contributed by atoms with Crippen molar-refractivity contribution in [3.63, 3.8) is 0 Å². The van der Waals surface area contributed by atoms with Gasteiger partial charge in [-0.15, -0.1) is 0 Å². The van der Waals surface area contributed by atoms with Crippen LogP contribution in [0.3, 0.4) is 0 Å². The van der Waals surface area contributed by atoms with Crippen LogP contribution in [-0.2, 0) is 6.54 Å². The lowest BCUT2D eigenvalue weighted by atomic mass is 10.2. The fraction of sp³-hybridized carbons (Fsp3) is 0.615. The highest BCUT2D eigenvalue weighted by atomic mass is 16.5. The Bertz CT molecular complexity index is 395. The van der Waals surface area contributed by atoms with Gasteiger partial charge in [0.15, 0.2) is 11.5 Å². The molecular formula is C13H20N2O2. The summed E-state index contributed by atoms with van der Waals surface area (Å²) in [4.78, 5) is 4.24. The van der Waals surface area contributed by atoms with Gasteiger partial charge >= 0.3 is 0 Å². The zero-order valence-electron chi connectivity index (χ0n) is 10.7. The Morgan fingerprint density at radius 2 is 2.06 bits per heavy atom. The number of rotatable bonds is 4. The van der Waals surface area contributed by atoms with E-state index in [0.29, 0.717) is 18.4 Å². The Morgan fingerprint density at radius 3 is 2.59 bits per heavy atom. The summed E-state index contributed by atoms with van der Waals surface area (Å²) < 4.78 is 11.7. The van der Waals surface area contributed by atoms with Gasteiger partial charge in [0.2, 0.25) is 0 Å². The van der Waals surface area contributed by atoms with Crippen molar-refractivity contribution >= 4 is 0 Å². The smallest absolute Gasteiger partial charge is 0.180 e. The molecule has 0 amide bonds. The molecule has 4 nitrogen and oxygen atoms in total. The summed E-state index contributed by atoms with van der Waals surface area (Å²) in [5.74, 6) is 1.46. The van der Waals surface area contributed by atoms with E-state index in [4.69, 9.17) is 15.2 Å². The summed E-state index contributed by atoms with van der Waals surface area (Å²) in [6.07, 6.45) is 4.28. The van der Waals surface area contributed by atoms with Gasteiger partial charge in [0.25, 0.3) is 0 Å². The Balaban J connectivity index is 2.22. The first-order valence-corrected chi connectivity index (χ1v) is 6.02. The first-order valence-electron chi connectivity index (χ1n) is 6.02. The largest absolute Gasteiger partial charge is 0.486 e. The fourth-order valence-electron chi connectivity index (χ4n) is 1.44. The maximum Gasteiger partial charge on any atom is 0.180 e. The minimum Gasteiger partial charge on any atom is -0.486 e. The number of nitrogens with zero attached hydrogens (tertiary/aromatic N) is 1. The van der Waals surface area contributed by atoms with Crippen LogP contribution < -0.4 is 15.2 Å². The molecule has 1 fully saturated rings. The maximum absolute atomic E-state index is 5.83. The maximum atomic E-state index is 5.83. The fourth-order valence-corrected chi connectivity index (χ4v) is 1.44. The number of aromatic nitrogens is 1. The van der Waals surface area contributed by atoms with Gasteiger partial charge in [0.1, 0.15) is 5.60 Å². The summed E-state index contributed by atoms with van der Waals surface area (Å²) in [5, 5.41) is 0. The van der Waals surface area contributed by atoms with E-state index in [-0.39, 0.29) is 5.60 Å². The molecule has 0 atom stereocenters. The molecule has 0 aromatic carbocycles. The van der Waals surface area contributed by atoms with Crippen LogP contribution in [0, 0.1) is 0 Å². The number of nitrogens with two attached hydrogens (primary N) is 1. The van der Waals surface area contributed by atoms with Crippen molar-refractivity contribution in [2.24, 2.45) is 5.73 Å². The monoisotopic (exact) mass is 236 g/mol. The van der Waals surface area contributed by atoms with Crippen molar-refractivity contribution in [3.8, 4) is 11.5 Å². The van der Waals surface area contributed by atoms with E-state index in [9.17, 15) is 0 Å². The van der Waals surface area contributed by atoms with Crippen LogP contribution in [0.4, 0.5) is 0 Å². The van der Waals surface area contributed by atoms with Crippen molar-refractivity contribution in [2.75, 3.05) is 0 Å². The molecule has 94 valence electrons. The van der Waals surface area contributed by atoms with Gasteiger partial charge in [-0.05, 0) is 33.6 Å². The molecule has 1 aliphatic rings. The summed E-state index contributed by atoms with van der Waals surface area (Å²) in [7, 11) is 0. The van der Waals surface area contributed by atoms with Crippen molar-refractivity contribution in [1.29, 1.82) is 0 Å². The molecule has 1 aromatic heterocycles. The van der Waals surface area contributed by atoms with Crippen LogP contribution in [0.25, 0.3) is 0 Å². The van der Waals surface area contributed by atoms with Crippen LogP contribution >= 0.6 is 0 Å². The normalized spacial score (nSPS) is 15.8. The molecule has 1 saturated carbocycles. The van der Waals surface area contributed by atoms with Gasteiger partial charge in [-0.3, -0.25) is 4.98 Å². The van der Waals surface area contributed by atoms with E-state index in [0.717, 1.165) is 24.3 Å². The highest BCUT2D eigenvalue weighted by molar-refractivity contribution is 5.40. The van der Waals surface area contributed by atoms with Crippen LogP contribution in [-0.4, -0.2) is 16.7 Å². The standard InChI is InChI=1S/C13H20N2O2/c1-13(2,3)17-12-8-15-9(7-14)6-11(12)16-10-4-5-10/h6,8,10H,4-5,7,14H2,1-3H3. The molecule has 0 spiro atoms. The quantitative estimate of drug-likeness (QED) is 0.871. The minimum absolute atomic E-state index is 0.256. The van der Waals surface area contributed by atoms with Crippen LogP contribution in [0.1, 0.15) is 39.3 Å². The van der Waals surface area contributed by atoms with Gasteiger partial charge in [0.05, 0.1) is 18.0 Å². The van der Waals surface area contributed by atoms with E-state index < -0.39 is 0 Å². The number of hydrogen-bond donors (Lipinski definition) is 1. The summed E-state index contributed by atoms with van der Waals surface area (Å²) >= 11 is 0. The topological polar surface area (TPSA) is 57.4 Å². The molecule has 1 aliphatic carbocycles. The zero-order valence-corrected chi connectivity index (χ0v) is 10.7. The van der Waals surface area contributed by atoms with E-state index in [1.165, 1.54) is 0 Å². The highest BCUT2D eigenvalue weighted by Gasteiger charge is 2.26. The van der Waals surface area contributed by atoms with Crippen LogP contribution in [0.5, 0.6) is 11.5 Å². The lowest BCUT2D eigenvalue weighted by Crippen LogP contribution is -2.23. The molecular weight excluding hydrogens is 216 g/mol. The Morgan fingerprint density at radius 1 is 1.35 bits per heavy atom. The summed E-state index contributed by atoms with van der Waals surface area (Å²) in [5.41, 5.74) is 6.15. The van der Waals surface area contributed by atoms with E-state index >= 15 is 0 Å². The summed E-state index contributed by atoms with van der Waals surface area (Å²) in [6, 6.07) is 1.87. The van der Waals surface area contributed by atoms with Crippen molar-refractivity contribution < 1.29 is 9.47 Å². The molecule has 0 bridgehead atoms. The van der Waals surface area contributed by atoms with Gasteiger partial charge in [0, 0.05) is 12.6 Å². The number of ether oxygens (including phenoxy) is 2. The van der Waals surface area contributed by atoms with Gasteiger partial charge in [-0.2, -0.15) is 0 Å². The third-order valence-corrected chi connectivity index (χ3v) is 2.33. The highest BCUT2D eigenvalue weighted by Crippen LogP contribution is 2.35. The molecule has 17 heavy (non-hydrogen) atoms. The molecule has 0 unspecified atom stereocenters. The predicted octanol–water partition coefficient (Wildman–Crippen LogP) is 2.26. The molecule has 2 rings (SSSR count). The van der Waals surface area contributed by atoms with Gasteiger partial charge < -0.3 is 15.2 Å². The second-order valence-corrected chi connectivity index (χ2v) is 5.36. The first kappa shape index (κ1) is 12.2. The Kier molecular flexibility index (Phi) is 3.24. The SMILES string of the molecule is CC(C)(C)Oc1cnc(CN)cc1OC1CC1. The summed E-state index contributed by atoms with van der Waals surface area (Å²) in [6.45, 7) is 6.43. The molecule has 0 saturated heterocycles. The van der Waals surface area contributed by atoms with E-state index in [1.807, 2.05) is 26.8 Å². The van der Waals surface area contributed by atoms with E-state index in [2.05, 4.69) is 4.98 Å². The Hall–Kier alpha value is -1.29. The molecule has 4 heteroatoms. The minimum atomic E-state index is -0.256. The van der Waals surface area contributed by atoms with E-state index in [1.54, 1.807) is 6.20 Å². The molecule has 0 radical (unpaired) electrons. The van der Waals surface area contributed by atoms with Crippen LogP contribution in [0.15, 0.2) is 12.3 Å². The average Bonchev–Trinajstić information content (AvgIpc) is 3.02. The van der Waals surface area contributed by atoms with Gasteiger partial charge in [-0.1, -0.05) is 0 Å². The lowest BCUT2D eigenvalue weighted by Gasteiger charge is -2.23. The number of pyridine rings is 1. The molecule has 1 aromatic rings. The molecule has 0 aliphatic heterocycles. The van der Waals surface area contributed by atoms with Crippen LogP contribution in [0.2, 0.25) is 0 Å². The molecule has 2 N–H and O–H groups in total. The molecule has 1 heterocycles. The lowest BCUT2D eigenvalue weighted by molar-refractivity contribution is 0.122. The third kappa shape index (κ3) is 3.60. The van der Waals surface area contributed by atoms with Crippen molar-refractivity contribution in [2.45, 2.75) is 51.9 Å². The third-order valence-electron chi connectivity index (χ3n) is 2.33. The number of hydrogen-bond acceptors (Lipinski definition) is 4. The Labute approximate surface area is 102 Å². The van der Waals surface area contributed by atoms with Crippen molar-refractivity contribution in [1.82, 2.24) is 4.98 Å².